The van der Waals surface area contributed by atoms with E-state index in [0.717, 1.165) is 11.5 Å². The number of hydrogen-bond donors (Lipinski definition) is 2. The van der Waals surface area contributed by atoms with Crippen molar-refractivity contribution < 1.29 is 9.59 Å². The van der Waals surface area contributed by atoms with Gasteiger partial charge in [0, 0.05) is 37.2 Å². The summed E-state index contributed by atoms with van der Waals surface area (Å²) in [6, 6.07) is 14.4. The summed E-state index contributed by atoms with van der Waals surface area (Å²) in [5.41, 5.74) is 1.37. The monoisotopic (exact) mass is 351 g/mol. The molecule has 2 amide bonds. The molecule has 7 heteroatoms. The molecule has 0 fully saturated rings. The lowest BCUT2D eigenvalue weighted by Gasteiger charge is -2.13. The lowest BCUT2D eigenvalue weighted by Crippen LogP contribution is -2.37. The van der Waals surface area contributed by atoms with Gasteiger partial charge in [-0.2, -0.15) is 0 Å². The van der Waals surface area contributed by atoms with E-state index in [0.29, 0.717) is 18.5 Å². The van der Waals surface area contributed by atoms with Crippen molar-refractivity contribution >= 4 is 17.5 Å². The molecular formula is C19H21N5O2. The van der Waals surface area contributed by atoms with E-state index in [9.17, 15) is 9.59 Å². The van der Waals surface area contributed by atoms with Crippen molar-refractivity contribution in [2.24, 2.45) is 0 Å². The fraction of sp³-hybridized carbons (Fsp3) is 0.263. The zero-order valence-corrected chi connectivity index (χ0v) is 14.6. The molecule has 0 saturated carbocycles. The highest BCUT2D eigenvalue weighted by atomic mass is 16.2. The molecule has 2 N–H and O–H groups in total. The molecule has 1 aromatic carbocycles. The topological polar surface area (TPSA) is 88.4 Å². The lowest BCUT2D eigenvalue weighted by atomic mass is 10.1. The fourth-order valence-electron chi connectivity index (χ4n) is 2.67. The van der Waals surface area contributed by atoms with Crippen molar-refractivity contribution in [1.29, 1.82) is 0 Å². The zero-order chi connectivity index (χ0) is 18.4. The van der Waals surface area contributed by atoms with Crippen molar-refractivity contribution in [3.63, 3.8) is 0 Å². The van der Waals surface area contributed by atoms with Gasteiger partial charge in [0.25, 0.3) is 5.91 Å². The molecule has 26 heavy (non-hydrogen) atoms. The third kappa shape index (κ3) is 4.44. The smallest absolute Gasteiger partial charge is 0.251 e. The van der Waals surface area contributed by atoms with Crippen LogP contribution < -0.4 is 10.6 Å². The summed E-state index contributed by atoms with van der Waals surface area (Å²) in [6.07, 6.45) is 2.70. The Labute approximate surface area is 151 Å². The van der Waals surface area contributed by atoms with Crippen LogP contribution in [0.2, 0.25) is 0 Å². The number of nitrogens with one attached hydrogen (secondary N) is 2. The number of benzene rings is 1. The average Bonchev–Trinajstić information content (AvgIpc) is 3.05. The molecule has 2 aromatic heterocycles. The number of aromatic nitrogens is 3. The van der Waals surface area contributed by atoms with Crippen LogP contribution in [0.3, 0.4) is 0 Å². The molecule has 134 valence electrons. The standard InChI is InChI=1S/C19H21N5O2/c1-14(21-19(26)15-7-3-2-4-8-15)13-18(25)20-11-10-17-23-22-16-9-5-6-12-24(16)17/h2-9,12,14H,10-11,13H2,1H3,(H,20,25)(H,21,26). The first-order valence-electron chi connectivity index (χ1n) is 8.55. The highest BCUT2D eigenvalue weighted by molar-refractivity contribution is 5.94. The van der Waals surface area contributed by atoms with Gasteiger partial charge in [-0.25, -0.2) is 0 Å². The first-order valence-corrected chi connectivity index (χ1v) is 8.55. The second-order valence-corrected chi connectivity index (χ2v) is 6.09. The number of amides is 2. The van der Waals surface area contributed by atoms with E-state index in [2.05, 4.69) is 20.8 Å². The Morgan fingerprint density at radius 3 is 2.65 bits per heavy atom. The van der Waals surface area contributed by atoms with E-state index in [1.807, 2.05) is 41.8 Å². The van der Waals surface area contributed by atoms with Crippen LogP contribution in [0.25, 0.3) is 5.65 Å². The second-order valence-electron chi connectivity index (χ2n) is 6.09. The Bertz CT molecular complexity index is 891. The van der Waals surface area contributed by atoms with E-state index in [4.69, 9.17) is 0 Å². The maximum absolute atomic E-state index is 12.1. The summed E-state index contributed by atoms with van der Waals surface area (Å²) in [4.78, 5) is 24.1. The van der Waals surface area contributed by atoms with Gasteiger partial charge in [0.05, 0.1) is 0 Å². The van der Waals surface area contributed by atoms with Crippen LogP contribution in [-0.2, 0) is 11.2 Å². The Morgan fingerprint density at radius 2 is 1.85 bits per heavy atom. The van der Waals surface area contributed by atoms with Crippen LogP contribution in [0.4, 0.5) is 0 Å². The van der Waals surface area contributed by atoms with Gasteiger partial charge in [-0.15, -0.1) is 10.2 Å². The number of carbonyl (C=O) groups excluding carboxylic acids is 2. The van der Waals surface area contributed by atoms with Gasteiger partial charge in [-0.1, -0.05) is 24.3 Å². The Kier molecular flexibility index (Phi) is 5.58. The highest BCUT2D eigenvalue weighted by Gasteiger charge is 2.13. The molecule has 0 spiro atoms. The predicted octanol–water partition coefficient (Wildman–Crippen LogP) is 1.60. The molecule has 2 heterocycles. The number of rotatable bonds is 7. The van der Waals surface area contributed by atoms with Crippen molar-refractivity contribution in [2.45, 2.75) is 25.8 Å². The van der Waals surface area contributed by atoms with Crippen molar-refractivity contribution in [1.82, 2.24) is 25.2 Å². The van der Waals surface area contributed by atoms with E-state index >= 15 is 0 Å². The van der Waals surface area contributed by atoms with Gasteiger partial charge in [0.1, 0.15) is 5.82 Å². The predicted molar refractivity (Wildman–Crippen MR) is 97.7 cm³/mol. The van der Waals surface area contributed by atoms with Gasteiger partial charge in [0.15, 0.2) is 5.65 Å². The molecule has 3 aromatic rings. The molecule has 0 aliphatic heterocycles. The molecule has 0 aliphatic rings. The minimum absolute atomic E-state index is 0.111. The van der Waals surface area contributed by atoms with Gasteiger partial charge in [0.2, 0.25) is 5.91 Å². The number of carbonyl (C=O) groups is 2. The van der Waals surface area contributed by atoms with Crippen molar-refractivity contribution in [3.05, 3.63) is 66.1 Å². The minimum Gasteiger partial charge on any atom is -0.356 e. The molecule has 1 unspecified atom stereocenters. The van der Waals surface area contributed by atoms with E-state index in [-0.39, 0.29) is 24.3 Å². The first-order chi connectivity index (χ1) is 12.6. The molecule has 0 radical (unpaired) electrons. The van der Waals surface area contributed by atoms with E-state index < -0.39 is 0 Å². The summed E-state index contributed by atoms with van der Waals surface area (Å²) in [6.45, 7) is 2.28. The number of nitrogens with zero attached hydrogens (tertiary/aromatic N) is 3. The third-order valence-electron chi connectivity index (χ3n) is 3.96. The molecule has 7 nitrogen and oxygen atoms in total. The number of pyridine rings is 1. The van der Waals surface area contributed by atoms with Crippen molar-refractivity contribution in [2.75, 3.05) is 6.54 Å². The van der Waals surface area contributed by atoms with Crippen LogP contribution >= 0.6 is 0 Å². The van der Waals surface area contributed by atoms with Crippen LogP contribution in [-0.4, -0.2) is 39.0 Å². The summed E-state index contributed by atoms with van der Waals surface area (Å²) >= 11 is 0. The Hall–Kier alpha value is -3.22. The van der Waals surface area contributed by atoms with Gasteiger partial charge in [-0.3, -0.25) is 14.0 Å². The van der Waals surface area contributed by atoms with Gasteiger partial charge in [-0.05, 0) is 31.2 Å². The fourth-order valence-corrected chi connectivity index (χ4v) is 2.67. The van der Waals surface area contributed by atoms with E-state index in [1.165, 1.54) is 0 Å². The summed E-state index contributed by atoms with van der Waals surface area (Å²) in [5.74, 6) is 0.506. The van der Waals surface area contributed by atoms with Gasteiger partial charge < -0.3 is 10.6 Å². The Morgan fingerprint density at radius 1 is 1.08 bits per heavy atom. The normalized spacial score (nSPS) is 11.9. The van der Waals surface area contributed by atoms with Crippen LogP contribution in [0.15, 0.2) is 54.7 Å². The summed E-state index contributed by atoms with van der Waals surface area (Å²) in [5, 5.41) is 13.9. The molecule has 0 aliphatic carbocycles. The largest absolute Gasteiger partial charge is 0.356 e. The molecule has 0 bridgehead atoms. The van der Waals surface area contributed by atoms with Crippen LogP contribution in [0, 0.1) is 0 Å². The molecule has 3 rings (SSSR count). The minimum atomic E-state index is -0.253. The van der Waals surface area contributed by atoms with E-state index in [1.54, 1.807) is 24.3 Å². The molecule has 1 atom stereocenters. The Balaban J connectivity index is 1.43. The third-order valence-corrected chi connectivity index (χ3v) is 3.96. The van der Waals surface area contributed by atoms with Crippen LogP contribution in [0.5, 0.6) is 0 Å². The number of fused-ring (bicyclic) bond motifs is 1. The van der Waals surface area contributed by atoms with Gasteiger partial charge >= 0.3 is 0 Å². The zero-order valence-electron chi connectivity index (χ0n) is 14.6. The SMILES string of the molecule is CC(CC(=O)NCCc1nnc2ccccn12)NC(=O)c1ccccc1. The highest BCUT2D eigenvalue weighted by Crippen LogP contribution is 2.03. The average molecular weight is 351 g/mol. The maximum Gasteiger partial charge on any atom is 0.251 e. The molecular weight excluding hydrogens is 330 g/mol. The lowest BCUT2D eigenvalue weighted by molar-refractivity contribution is -0.121. The maximum atomic E-state index is 12.1. The second kappa shape index (κ2) is 8.24. The van der Waals surface area contributed by atoms with Crippen LogP contribution in [0.1, 0.15) is 29.5 Å². The number of hydrogen-bond acceptors (Lipinski definition) is 4. The summed E-state index contributed by atoms with van der Waals surface area (Å²) < 4.78 is 1.90. The quantitative estimate of drug-likeness (QED) is 0.677. The first kappa shape index (κ1) is 17.6. The summed E-state index contributed by atoms with van der Waals surface area (Å²) in [7, 11) is 0. The van der Waals surface area contributed by atoms with Crippen molar-refractivity contribution in [3.8, 4) is 0 Å². The molecule has 0 saturated heterocycles.